The number of aliphatic carboxylic acids is 2. The van der Waals surface area contributed by atoms with E-state index in [0.29, 0.717) is 13.2 Å². The molecule has 0 radical (unpaired) electrons. The van der Waals surface area contributed by atoms with Crippen LogP contribution in [0.2, 0.25) is 0 Å². The Morgan fingerprint density at radius 3 is 1.30 bits per heavy atom. The van der Waals surface area contributed by atoms with Crippen LogP contribution in [0.1, 0.15) is 49.7 Å². The molecule has 4 fully saturated rings. The van der Waals surface area contributed by atoms with Gasteiger partial charge in [-0.15, -0.1) is 0 Å². The number of amides is 2. The number of carbonyl (C=O) groups excluding carboxylic acids is 2. The van der Waals surface area contributed by atoms with Gasteiger partial charge in [-0.25, -0.2) is 19.2 Å². The first-order chi connectivity index (χ1) is 21.2. The van der Waals surface area contributed by atoms with Gasteiger partial charge in [-0.3, -0.25) is 0 Å². The second-order valence-electron chi connectivity index (χ2n) is 11.7. The first kappa shape index (κ1) is 32.7. The molecule has 4 saturated heterocycles. The van der Waals surface area contributed by atoms with Crippen LogP contribution in [0.4, 0.5) is 9.59 Å². The molecule has 6 rings (SSSR count). The molecule has 0 bridgehead atoms. The van der Waals surface area contributed by atoms with E-state index in [9.17, 15) is 9.59 Å². The number of ether oxygens (including phenoxy) is 2. The van der Waals surface area contributed by atoms with Crippen molar-refractivity contribution in [1.82, 2.24) is 20.4 Å². The average Bonchev–Trinajstić information content (AvgIpc) is 3.02. The molecule has 4 aliphatic heterocycles. The molecule has 2 amide bonds. The Bertz CT molecular complexity index is 1150. The molecule has 0 aromatic heterocycles. The van der Waals surface area contributed by atoms with Crippen molar-refractivity contribution in [2.75, 3.05) is 39.3 Å². The summed E-state index contributed by atoms with van der Waals surface area (Å²) in [4.78, 5) is 46.0. The zero-order valence-electron chi connectivity index (χ0n) is 24.9. The fraction of sp³-hybridized carbons (Fsp3) is 0.500. The van der Waals surface area contributed by atoms with Crippen LogP contribution in [0.25, 0.3) is 0 Å². The lowest BCUT2D eigenvalue weighted by Crippen LogP contribution is -2.65. The maximum Gasteiger partial charge on any atom is 0.414 e. The van der Waals surface area contributed by atoms with Crippen LogP contribution < -0.4 is 10.6 Å². The minimum atomic E-state index is -1.82. The van der Waals surface area contributed by atoms with Gasteiger partial charge in [-0.05, 0) is 62.7 Å². The standard InChI is InChI=1S/2C15H20N2O2.C2H2O4/c2*18-14(19-11-13-5-2-1-3-6-13)17-10-4-7-15(12-17)8-9-16-15;3-1(4)2(5)6/h2*1-3,5-6,16H,4,7-12H2;(H,3,4)(H,5,6). The van der Waals surface area contributed by atoms with E-state index in [2.05, 4.69) is 10.6 Å². The topological polar surface area (TPSA) is 158 Å². The van der Waals surface area contributed by atoms with Crippen molar-refractivity contribution < 1.29 is 38.9 Å². The van der Waals surface area contributed by atoms with E-state index in [0.717, 1.165) is 63.2 Å². The molecule has 238 valence electrons. The van der Waals surface area contributed by atoms with Gasteiger partial charge in [0, 0.05) is 37.3 Å². The molecule has 2 spiro atoms. The molecule has 0 aliphatic carbocycles. The van der Waals surface area contributed by atoms with Crippen molar-refractivity contribution in [3.63, 3.8) is 0 Å². The molecule has 12 nitrogen and oxygen atoms in total. The molecule has 2 aromatic carbocycles. The number of piperidine rings is 2. The van der Waals surface area contributed by atoms with E-state index >= 15 is 0 Å². The van der Waals surface area contributed by atoms with Gasteiger partial charge in [0.15, 0.2) is 0 Å². The van der Waals surface area contributed by atoms with E-state index in [1.54, 1.807) is 0 Å². The number of carbonyl (C=O) groups is 4. The fourth-order valence-electron chi connectivity index (χ4n) is 5.85. The molecular formula is C32H42N4O8. The Hall–Kier alpha value is -4.16. The quantitative estimate of drug-likeness (QED) is 0.378. The van der Waals surface area contributed by atoms with Crippen LogP contribution in [0.15, 0.2) is 60.7 Å². The van der Waals surface area contributed by atoms with E-state index in [-0.39, 0.29) is 23.3 Å². The maximum atomic E-state index is 12.1. The second-order valence-corrected chi connectivity index (χ2v) is 11.7. The Morgan fingerprint density at radius 2 is 1.00 bits per heavy atom. The largest absolute Gasteiger partial charge is 0.473 e. The van der Waals surface area contributed by atoms with E-state index in [4.69, 9.17) is 29.3 Å². The lowest BCUT2D eigenvalue weighted by Gasteiger charge is -2.49. The van der Waals surface area contributed by atoms with Crippen LogP contribution in [0, 0.1) is 0 Å². The van der Waals surface area contributed by atoms with Gasteiger partial charge in [-0.1, -0.05) is 60.7 Å². The third-order valence-corrected chi connectivity index (χ3v) is 8.47. The summed E-state index contributed by atoms with van der Waals surface area (Å²) in [6.07, 6.45) is 6.46. The summed E-state index contributed by atoms with van der Waals surface area (Å²) >= 11 is 0. The monoisotopic (exact) mass is 610 g/mol. The van der Waals surface area contributed by atoms with Gasteiger partial charge < -0.3 is 40.1 Å². The lowest BCUT2D eigenvalue weighted by atomic mass is 9.80. The molecule has 0 saturated carbocycles. The van der Waals surface area contributed by atoms with Gasteiger partial charge in [-0.2, -0.15) is 0 Å². The number of nitrogens with one attached hydrogen (secondary N) is 2. The van der Waals surface area contributed by atoms with Crippen molar-refractivity contribution in [1.29, 1.82) is 0 Å². The van der Waals surface area contributed by atoms with Gasteiger partial charge >= 0.3 is 24.1 Å². The average molecular weight is 611 g/mol. The highest BCUT2D eigenvalue weighted by molar-refractivity contribution is 6.27. The van der Waals surface area contributed by atoms with Crippen molar-refractivity contribution in [2.24, 2.45) is 0 Å². The summed E-state index contributed by atoms with van der Waals surface area (Å²) < 4.78 is 10.8. The first-order valence-electron chi connectivity index (χ1n) is 15.1. The predicted molar refractivity (Wildman–Crippen MR) is 161 cm³/mol. The summed E-state index contributed by atoms with van der Waals surface area (Å²) in [7, 11) is 0. The van der Waals surface area contributed by atoms with Crippen molar-refractivity contribution in [3.8, 4) is 0 Å². The zero-order chi connectivity index (χ0) is 31.4. The molecule has 4 heterocycles. The van der Waals surface area contributed by atoms with Crippen LogP contribution >= 0.6 is 0 Å². The molecule has 4 aliphatic rings. The van der Waals surface area contributed by atoms with Crippen LogP contribution in [-0.2, 0) is 32.3 Å². The number of rotatable bonds is 4. The highest BCUT2D eigenvalue weighted by Crippen LogP contribution is 2.31. The zero-order valence-corrected chi connectivity index (χ0v) is 24.9. The van der Waals surface area contributed by atoms with Crippen LogP contribution in [-0.4, -0.2) is 94.5 Å². The van der Waals surface area contributed by atoms with E-state index in [1.165, 1.54) is 25.7 Å². The molecule has 44 heavy (non-hydrogen) atoms. The first-order valence-corrected chi connectivity index (χ1v) is 15.1. The summed E-state index contributed by atoms with van der Waals surface area (Å²) in [6, 6.07) is 19.6. The van der Waals surface area contributed by atoms with E-state index < -0.39 is 11.9 Å². The Morgan fingerprint density at radius 1 is 0.636 bits per heavy atom. The predicted octanol–water partition coefficient (Wildman–Crippen LogP) is 3.46. The summed E-state index contributed by atoms with van der Waals surface area (Å²) in [5, 5.41) is 21.7. The number of likely N-dealkylation sites (tertiary alicyclic amines) is 2. The molecule has 12 heteroatoms. The molecule has 4 N–H and O–H groups in total. The molecular weight excluding hydrogens is 568 g/mol. The van der Waals surface area contributed by atoms with Crippen LogP contribution in [0.5, 0.6) is 0 Å². The summed E-state index contributed by atoms with van der Waals surface area (Å²) in [5.41, 5.74) is 2.43. The lowest BCUT2D eigenvalue weighted by molar-refractivity contribution is -0.159. The Kier molecular flexibility index (Phi) is 11.6. The maximum absolute atomic E-state index is 12.1. The number of hydrogen-bond donors (Lipinski definition) is 4. The van der Waals surface area contributed by atoms with Gasteiger partial charge in [0.1, 0.15) is 13.2 Å². The van der Waals surface area contributed by atoms with Crippen molar-refractivity contribution in [3.05, 3.63) is 71.8 Å². The van der Waals surface area contributed by atoms with Crippen molar-refractivity contribution in [2.45, 2.75) is 62.8 Å². The van der Waals surface area contributed by atoms with Crippen LogP contribution in [0.3, 0.4) is 0 Å². The summed E-state index contributed by atoms with van der Waals surface area (Å²) in [6.45, 7) is 6.09. The van der Waals surface area contributed by atoms with Gasteiger partial charge in [0.25, 0.3) is 0 Å². The highest BCUT2D eigenvalue weighted by Gasteiger charge is 2.42. The van der Waals surface area contributed by atoms with Crippen molar-refractivity contribution >= 4 is 24.1 Å². The minimum Gasteiger partial charge on any atom is -0.473 e. The highest BCUT2D eigenvalue weighted by atomic mass is 16.6. The second kappa shape index (κ2) is 15.5. The number of nitrogens with zero attached hydrogens (tertiary/aromatic N) is 2. The number of hydrogen-bond acceptors (Lipinski definition) is 8. The molecule has 2 atom stereocenters. The van der Waals surface area contributed by atoms with Gasteiger partial charge in [0.05, 0.1) is 0 Å². The SMILES string of the molecule is O=C(O)C(=O)O.O=C(OCc1ccccc1)N1CCCC2(CCN2)C1.O=C(OCc1ccccc1)N1CCCC2(CCN2)C1. The summed E-state index contributed by atoms with van der Waals surface area (Å²) in [5.74, 6) is -3.65. The number of carboxylic acids is 2. The minimum absolute atomic E-state index is 0.184. The number of carboxylic acid groups (broad SMARTS) is 2. The normalized spacial score (nSPS) is 23.5. The number of benzene rings is 2. The smallest absolute Gasteiger partial charge is 0.414 e. The van der Waals surface area contributed by atoms with E-state index in [1.807, 2.05) is 70.5 Å². The third kappa shape index (κ3) is 9.42. The fourth-order valence-corrected chi connectivity index (χ4v) is 5.85. The molecule has 2 unspecified atom stereocenters. The van der Waals surface area contributed by atoms with Gasteiger partial charge in [0.2, 0.25) is 0 Å². The Labute approximate surface area is 257 Å². The Balaban J connectivity index is 0.000000170. The third-order valence-electron chi connectivity index (χ3n) is 8.47. The molecule has 2 aromatic rings.